The highest BCUT2D eigenvalue weighted by Gasteiger charge is 2.20. The van der Waals surface area contributed by atoms with E-state index in [0.717, 1.165) is 19.1 Å². The van der Waals surface area contributed by atoms with Gasteiger partial charge in [0.2, 0.25) is 15.9 Å². The van der Waals surface area contributed by atoms with Crippen molar-refractivity contribution < 1.29 is 13.2 Å². The minimum Gasteiger partial charge on any atom is -0.354 e. The van der Waals surface area contributed by atoms with Crippen LogP contribution in [0.1, 0.15) is 36.9 Å². The predicted octanol–water partition coefficient (Wildman–Crippen LogP) is 3.46. The molecule has 1 amide bonds. The lowest BCUT2D eigenvalue weighted by Gasteiger charge is -2.20. The Kier molecular flexibility index (Phi) is 7.83. The molecule has 2 aromatic carbocycles. The van der Waals surface area contributed by atoms with Crippen molar-refractivity contribution in [2.45, 2.75) is 38.3 Å². The zero-order valence-corrected chi connectivity index (χ0v) is 17.1. The minimum atomic E-state index is -3.46. The van der Waals surface area contributed by atoms with Crippen LogP contribution in [0.5, 0.6) is 0 Å². The van der Waals surface area contributed by atoms with Crippen LogP contribution in [-0.2, 0) is 21.2 Å². The number of benzene rings is 2. The van der Waals surface area contributed by atoms with Crippen molar-refractivity contribution in [2.24, 2.45) is 0 Å². The van der Waals surface area contributed by atoms with Gasteiger partial charge in [0.05, 0.1) is 12.3 Å². The molecular weight excluding hydrogens is 384 g/mol. The van der Waals surface area contributed by atoms with Crippen molar-refractivity contribution in [1.82, 2.24) is 10.0 Å². The molecule has 0 aliphatic rings. The van der Waals surface area contributed by atoms with E-state index >= 15 is 0 Å². The zero-order valence-electron chi connectivity index (χ0n) is 15.5. The van der Waals surface area contributed by atoms with Gasteiger partial charge < -0.3 is 5.32 Å². The second kappa shape index (κ2) is 9.88. The van der Waals surface area contributed by atoms with Gasteiger partial charge in [0, 0.05) is 17.5 Å². The van der Waals surface area contributed by atoms with E-state index < -0.39 is 16.1 Å². The minimum absolute atomic E-state index is 0.0122. The molecular formula is C20H25ClN2O3S. The first-order chi connectivity index (χ1) is 12.7. The molecule has 0 saturated carbocycles. The van der Waals surface area contributed by atoms with Gasteiger partial charge in [-0.25, -0.2) is 13.1 Å². The first-order valence-corrected chi connectivity index (χ1v) is 11.1. The molecule has 0 fully saturated rings. The van der Waals surface area contributed by atoms with E-state index in [0.29, 0.717) is 10.6 Å². The van der Waals surface area contributed by atoms with E-state index in [1.165, 1.54) is 5.56 Å². The number of rotatable bonds is 9. The number of hydrogen-bond acceptors (Lipinski definition) is 3. The van der Waals surface area contributed by atoms with Gasteiger partial charge in [-0.05, 0) is 43.0 Å². The Morgan fingerprint density at radius 3 is 2.30 bits per heavy atom. The summed E-state index contributed by atoms with van der Waals surface area (Å²) in [7, 11) is -3.46. The molecule has 2 atom stereocenters. The molecule has 27 heavy (non-hydrogen) atoms. The maximum atomic E-state index is 12.4. The molecule has 2 aromatic rings. The van der Waals surface area contributed by atoms with Gasteiger partial charge in [-0.1, -0.05) is 54.1 Å². The topological polar surface area (TPSA) is 75.3 Å². The van der Waals surface area contributed by atoms with Gasteiger partial charge in [0.25, 0.3) is 0 Å². The molecule has 2 rings (SSSR count). The van der Waals surface area contributed by atoms with Crippen LogP contribution in [0.15, 0.2) is 54.6 Å². The van der Waals surface area contributed by atoms with Crippen molar-refractivity contribution in [3.05, 3.63) is 70.7 Å². The number of amides is 1. The maximum absolute atomic E-state index is 12.4. The van der Waals surface area contributed by atoms with E-state index in [9.17, 15) is 13.2 Å². The van der Waals surface area contributed by atoms with Crippen LogP contribution < -0.4 is 10.0 Å². The van der Waals surface area contributed by atoms with Crippen molar-refractivity contribution in [3.8, 4) is 0 Å². The highest BCUT2D eigenvalue weighted by molar-refractivity contribution is 7.88. The van der Waals surface area contributed by atoms with Crippen molar-refractivity contribution >= 4 is 27.5 Å². The molecule has 2 N–H and O–H groups in total. The molecule has 0 aliphatic heterocycles. The van der Waals surface area contributed by atoms with Crippen LogP contribution in [0.2, 0.25) is 5.02 Å². The van der Waals surface area contributed by atoms with Crippen LogP contribution >= 0.6 is 11.6 Å². The lowest BCUT2D eigenvalue weighted by molar-refractivity contribution is -0.122. The summed E-state index contributed by atoms with van der Waals surface area (Å²) in [5, 5.41) is 3.50. The lowest BCUT2D eigenvalue weighted by atomic mass is 10.0. The first-order valence-electron chi connectivity index (χ1n) is 8.79. The largest absolute Gasteiger partial charge is 0.354 e. The molecule has 0 aromatic heterocycles. The van der Waals surface area contributed by atoms with E-state index in [1.54, 1.807) is 24.3 Å². The second-order valence-electron chi connectivity index (χ2n) is 6.69. The normalized spacial score (nSPS) is 13.7. The third-order valence-corrected chi connectivity index (χ3v) is 5.10. The number of aryl methyl sites for hydroxylation is 1. The Morgan fingerprint density at radius 1 is 1.07 bits per heavy atom. The van der Waals surface area contributed by atoms with Gasteiger partial charge >= 0.3 is 0 Å². The predicted molar refractivity (Wildman–Crippen MR) is 109 cm³/mol. The number of halogens is 1. The summed E-state index contributed by atoms with van der Waals surface area (Å²) in [5.74, 6) is -0.202. The highest BCUT2D eigenvalue weighted by Crippen LogP contribution is 2.20. The Hall–Kier alpha value is -1.89. The summed E-state index contributed by atoms with van der Waals surface area (Å²) in [6.45, 7) is 1.95. The highest BCUT2D eigenvalue weighted by atomic mass is 35.5. The number of carbonyl (C=O) groups excluding carboxylic acids is 1. The van der Waals surface area contributed by atoms with Gasteiger partial charge in [-0.3, -0.25) is 4.79 Å². The summed E-state index contributed by atoms with van der Waals surface area (Å²) in [5.41, 5.74) is 1.91. The number of hydrogen-bond donors (Lipinski definition) is 2. The molecule has 0 bridgehead atoms. The van der Waals surface area contributed by atoms with Gasteiger partial charge in [0.15, 0.2) is 0 Å². The standard InChI is InChI=1S/C20H25ClN2O3S/c1-15(8-9-16-6-4-3-5-7-16)22-20(24)14-19(23-27(2,25)26)17-10-12-18(21)13-11-17/h3-7,10-13,15,19,23H,8-9,14H2,1-2H3,(H,22,24). The fourth-order valence-electron chi connectivity index (χ4n) is 2.80. The Labute approximate surface area is 166 Å². The number of nitrogens with one attached hydrogen (secondary N) is 2. The summed E-state index contributed by atoms with van der Waals surface area (Å²) < 4.78 is 25.9. The van der Waals surface area contributed by atoms with Gasteiger partial charge in [-0.2, -0.15) is 0 Å². The summed E-state index contributed by atoms with van der Waals surface area (Å²) >= 11 is 5.89. The molecule has 0 aliphatic carbocycles. The fourth-order valence-corrected chi connectivity index (χ4v) is 3.66. The zero-order chi connectivity index (χ0) is 19.9. The molecule has 5 nitrogen and oxygen atoms in total. The van der Waals surface area contributed by atoms with Crippen LogP contribution in [0.4, 0.5) is 0 Å². The smallest absolute Gasteiger partial charge is 0.222 e. The molecule has 0 spiro atoms. The third kappa shape index (κ3) is 8.12. The molecule has 0 saturated heterocycles. The SMILES string of the molecule is CC(CCc1ccccc1)NC(=O)CC(NS(C)(=O)=O)c1ccc(Cl)cc1. The van der Waals surface area contributed by atoms with Crippen LogP contribution in [0.3, 0.4) is 0 Å². The lowest BCUT2D eigenvalue weighted by Crippen LogP contribution is -2.37. The second-order valence-corrected chi connectivity index (χ2v) is 8.91. The molecule has 0 radical (unpaired) electrons. The first kappa shape index (κ1) is 21.4. The molecule has 146 valence electrons. The van der Waals surface area contributed by atoms with Crippen LogP contribution in [-0.4, -0.2) is 26.6 Å². The Morgan fingerprint density at radius 2 is 1.70 bits per heavy atom. The number of carbonyl (C=O) groups is 1. The molecule has 2 unspecified atom stereocenters. The average Bonchev–Trinajstić information content (AvgIpc) is 2.60. The van der Waals surface area contributed by atoms with E-state index in [4.69, 9.17) is 11.6 Å². The van der Waals surface area contributed by atoms with E-state index in [1.807, 2.05) is 25.1 Å². The Balaban J connectivity index is 1.95. The van der Waals surface area contributed by atoms with Crippen molar-refractivity contribution in [1.29, 1.82) is 0 Å². The molecule has 7 heteroatoms. The van der Waals surface area contributed by atoms with E-state index in [2.05, 4.69) is 22.2 Å². The van der Waals surface area contributed by atoms with Crippen LogP contribution in [0.25, 0.3) is 0 Å². The third-order valence-electron chi connectivity index (χ3n) is 4.13. The summed E-state index contributed by atoms with van der Waals surface area (Å²) in [4.78, 5) is 12.4. The van der Waals surface area contributed by atoms with Crippen molar-refractivity contribution in [3.63, 3.8) is 0 Å². The summed E-state index contributed by atoms with van der Waals surface area (Å²) in [6, 6.07) is 16.2. The maximum Gasteiger partial charge on any atom is 0.222 e. The monoisotopic (exact) mass is 408 g/mol. The fraction of sp³-hybridized carbons (Fsp3) is 0.350. The summed E-state index contributed by atoms with van der Waals surface area (Å²) in [6.07, 6.45) is 2.77. The van der Waals surface area contributed by atoms with Crippen LogP contribution in [0, 0.1) is 0 Å². The number of sulfonamides is 1. The quantitative estimate of drug-likeness (QED) is 0.667. The van der Waals surface area contributed by atoms with Crippen molar-refractivity contribution in [2.75, 3.05) is 6.26 Å². The molecule has 0 heterocycles. The Bertz CT molecular complexity index is 839. The average molecular weight is 409 g/mol. The van der Waals surface area contributed by atoms with E-state index in [-0.39, 0.29) is 18.4 Å². The van der Waals surface area contributed by atoms with Gasteiger partial charge in [0.1, 0.15) is 0 Å². The van der Waals surface area contributed by atoms with Gasteiger partial charge in [-0.15, -0.1) is 0 Å².